The maximum atomic E-state index is 14.8. The van der Waals surface area contributed by atoms with Gasteiger partial charge in [-0.2, -0.15) is 0 Å². The maximum Gasteiger partial charge on any atom is 0.307 e. The molecule has 0 saturated heterocycles. The lowest BCUT2D eigenvalue weighted by atomic mass is 10.0. The lowest BCUT2D eigenvalue weighted by Gasteiger charge is -2.23. The SMILES string of the molecule is COC(=O)CC1S[C@H](c2cccc(OC)c2OC)c2cc(Cl)cc(F)c2NC1=S. The Bertz CT molecular complexity index is 956. The quantitative estimate of drug-likeness (QED) is 0.502. The van der Waals surface area contributed by atoms with Crippen molar-refractivity contribution in [2.75, 3.05) is 26.6 Å². The van der Waals surface area contributed by atoms with Crippen molar-refractivity contribution in [3.05, 3.63) is 52.3 Å². The summed E-state index contributed by atoms with van der Waals surface area (Å²) >= 11 is 13.0. The number of hydrogen-bond acceptors (Lipinski definition) is 6. The topological polar surface area (TPSA) is 56.8 Å². The predicted molar refractivity (Wildman–Crippen MR) is 117 cm³/mol. The Morgan fingerprint density at radius 1 is 1.24 bits per heavy atom. The molecule has 0 aliphatic carbocycles. The van der Waals surface area contributed by atoms with Crippen molar-refractivity contribution >= 4 is 52.2 Å². The fourth-order valence-electron chi connectivity index (χ4n) is 3.17. The molecule has 2 aromatic carbocycles. The molecule has 0 spiro atoms. The molecule has 5 nitrogen and oxygen atoms in total. The van der Waals surface area contributed by atoms with Gasteiger partial charge in [0, 0.05) is 10.6 Å². The van der Waals surface area contributed by atoms with Crippen LogP contribution in [0, 0.1) is 5.82 Å². The van der Waals surface area contributed by atoms with Crippen molar-refractivity contribution in [1.82, 2.24) is 0 Å². The highest BCUT2D eigenvalue weighted by Gasteiger charge is 2.34. The molecule has 29 heavy (non-hydrogen) atoms. The van der Waals surface area contributed by atoms with Gasteiger partial charge in [-0.3, -0.25) is 4.79 Å². The molecule has 1 aliphatic rings. The highest BCUT2D eigenvalue weighted by atomic mass is 35.5. The highest BCUT2D eigenvalue weighted by Crippen LogP contribution is 2.50. The molecule has 1 N–H and O–H groups in total. The van der Waals surface area contributed by atoms with Gasteiger partial charge in [0.1, 0.15) is 5.82 Å². The van der Waals surface area contributed by atoms with Crippen LogP contribution in [0.3, 0.4) is 0 Å². The second-order valence-corrected chi connectivity index (χ2v) is 8.40. The van der Waals surface area contributed by atoms with E-state index in [0.29, 0.717) is 22.1 Å². The minimum atomic E-state index is -0.527. The maximum absolute atomic E-state index is 14.8. The zero-order valence-corrected chi connectivity index (χ0v) is 18.3. The number of methoxy groups -OCH3 is 3. The summed E-state index contributed by atoms with van der Waals surface area (Å²) < 4.78 is 30.6. The van der Waals surface area contributed by atoms with Gasteiger partial charge < -0.3 is 19.5 Å². The van der Waals surface area contributed by atoms with Crippen LogP contribution in [0.5, 0.6) is 11.5 Å². The Balaban J connectivity index is 2.20. The number of benzene rings is 2. The Morgan fingerprint density at radius 2 is 2.00 bits per heavy atom. The molecule has 0 bridgehead atoms. The number of fused-ring (bicyclic) bond motifs is 1. The standard InChI is InChI=1S/C20H19ClFNO4S2/c1-25-14-6-4-5-11(18(14)27-3)19-12-7-10(21)8-13(22)17(12)23-20(28)15(29-19)9-16(24)26-2/h4-8,15,19H,9H2,1-3H3,(H,23,28)/t15?,19-/m1/s1. The van der Waals surface area contributed by atoms with Crippen LogP contribution in [0.2, 0.25) is 5.02 Å². The normalized spacial score (nSPS) is 18.3. The number of rotatable bonds is 5. The monoisotopic (exact) mass is 455 g/mol. The van der Waals surface area contributed by atoms with Crippen LogP contribution in [-0.4, -0.2) is 37.5 Å². The summed E-state index contributed by atoms with van der Waals surface area (Å²) in [4.78, 5) is 12.3. The first kappa shape index (κ1) is 21.7. The molecule has 0 aromatic heterocycles. The smallest absolute Gasteiger partial charge is 0.307 e. The van der Waals surface area contributed by atoms with E-state index in [1.54, 1.807) is 19.2 Å². The van der Waals surface area contributed by atoms with Crippen molar-refractivity contribution in [3.8, 4) is 11.5 Å². The third kappa shape index (κ3) is 4.44. The molecule has 3 rings (SSSR count). The lowest BCUT2D eigenvalue weighted by Crippen LogP contribution is -2.25. The van der Waals surface area contributed by atoms with E-state index in [0.717, 1.165) is 5.56 Å². The molecule has 0 fully saturated rings. The molecule has 0 radical (unpaired) electrons. The van der Waals surface area contributed by atoms with E-state index in [1.807, 2.05) is 12.1 Å². The fraction of sp³-hybridized carbons (Fsp3) is 0.300. The van der Waals surface area contributed by atoms with Crippen LogP contribution in [0.4, 0.5) is 10.1 Å². The Morgan fingerprint density at radius 3 is 2.66 bits per heavy atom. The summed E-state index contributed by atoms with van der Waals surface area (Å²) in [7, 11) is 4.40. The van der Waals surface area contributed by atoms with E-state index in [2.05, 4.69) is 5.32 Å². The van der Waals surface area contributed by atoms with Crippen molar-refractivity contribution in [2.24, 2.45) is 0 Å². The summed E-state index contributed by atoms with van der Waals surface area (Å²) in [5.41, 5.74) is 1.58. The second-order valence-electron chi connectivity index (χ2n) is 6.21. The van der Waals surface area contributed by atoms with Gasteiger partial charge in [0.25, 0.3) is 0 Å². The van der Waals surface area contributed by atoms with E-state index in [9.17, 15) is 9.18 Å². The van der Waals surface area contributed by atoms with Gasteiger partial charge >= 0.3 is 5.97 Å². The molecule has 9 heteroatoms. The molecular formula is C20H19ClFNO4S2. The average molecular weight is 456 g/mol. The number of thioether (sulfide) groups is 1. The molecule has 1 heterocycles. The number of thiocarbonyl (C=S) groups is 1. The number of esters is 1. The van der Waals surface area contributed by atoms with Crippen LogP contribution >= 0.6 is 35.6 Å². The van der Waals surface area contributed by atoms with Crippen LogP contribution < -0.4 is 14.8 Å². The third-order valence-electron chi connectivity index (χ3n) is 4.50. The van der Waals surface area contributed by atoms with Gasteiger partial charge in [-0.15, -0.1) is 11.8 Å². The minimum absolute atomic E-state index is 0.0408. The number of hydrogen-bond donors (Lipinski definition) is 1. The van der Waals surface area contributed by atoms with Gasteiger partial charge in [0.15, 0.2) is 11.5 Å². The van der Waals surface area contributed by atoms with Gasteiger partial charge in [-0.1, -0.05) is 36.0 Å². The predicted octanol–water partition coefficient (Wildman–Crippen LogP) is 5.00. The Kier molecular flexibility index (Phi) is 6.87. The zero-order valence-electron chi connectivity index (χ0n) is 16.0. The van der Waals surface area contributed by atoms with Crippen LogP contribution in [0.1, 0.15) is 22.8 Å². The highest BCUT2D eigenvalue weighted by molar-refractivity contribution is 8.02. The lowest BCUT2D eigenvalue weighted by molar-refractivity contribution is -0.140. The first-order chi connectivity index (χ1) is 13.9. The number of nitrogens with one attached hydrogen (secondary N) is 1. The summed E-state index contributed by atoms with van der Waals surface area (Å²) in [6.07, 6.45) is 0.0408. The van der Waals surface area contributed by atoms with Gasteiger partial charge in [0.05, 0.1) is 48.9 Å². The van der Waals surface area contributed by atoms with E-state index in [4.69, 9.17) is 38.0 Å². The van der Waals surface area contributed by atoms with Crippen molar-refractivity contribution in [1.29, 1.82) is 0 Å². The van der Waals surface area contributed by atoms with E-state index in [-0.39, 0.29) is 17.1 Å². The molecule has 2 aromatic rings. The molecule has 1 aliphatic heterocycles. The van der Waals surface area contributed by atoms with Gasteiger partial charge in [-0.05, 0) is 23.8 Å². The molecule has 2 atom stereocenters. The zero-order chi connectivity index (χ0) is 21.1. The number of halogens is 2. The number of carbonyl (C=O) groups excluding carboxylic acids is 1. The average Bonchev–Trinajstić information content (AvgIpc) is 2.84. The molecule has 0 saturated carbocycles. The van der Waals surface area contributed by atoms with E-state index in [1.165, 1.54) is 32.0 Å². The summed E-state index contributed by atoms with van der Waals surface area (Å²) in [5.74, 6) is 0.121. The first-order valence-electron chi connectivity index (χ1n) is 8.62. The third-order valence-corrected chi connectivity index (χ3v) is 6.77. The molecule has 154 valence electrons. The summed E-state index contributed by atoms with van der Waals surface area (Å²) in [6, 6.07) is 8.38. The van der Waals surface area contributed by atoms with Crippen LogP contribution in [-0.2, 0) is 9.53 Å². The van der Waals surface area contributed by atoms with Crippen LogP contribution in [0.15, 0.2) is 30.3 Å². The molecule has 1 unspecified atom stereocenters. The van der Waals surface area contributed by atoms with Crippen molar-refractivity contribution < 1.29 is 23.4 Å². The molecule has 0 amide bonds. The van der Waals surface area contributed by atoms with Gasteiger partial charge in [-0.25, -0.2) is 4.39 Å². The number of ether oxygens (including phenoxy) is 3. The van der Waals surface area contributed by atoms with E-state index < -0.39 is 22.3 Å². The molecular weight excluding hydrogens is 437 g/mol. The van der Waals surface area contributed by atoms with Crippen LogP contribution in [0.25, 0.3) is 0 Å². The minimum Gasteiger partial charge on any atom is -0.493 e. The first-order valence-corrected chi connectivity index (χ1v) is 10.4. The van der Waals surface area contributed by atoms with Gasteiger partial charge in [0.2, 0.25) is 0 Å². The van der Waals surface area contributed by atoms with Crippen molar-refractivity contribution in [2.45, 2.75) is 16.9 Å². The summed E-state index contributed by atoms with van der Waals surface area (Å²) in [5, 5.41) is 2.35. The fourth-order valence-corrected chi connectivity index (χ4v) is 5.14. The Hall–Kier alpha value is -2.03. The number of carbonyl (C=O) groups is 1. The summed E-state index contributed by atoms with van der Waals surface area (Å²) in [6.45, 7) is 0. The largest absolute Gasteiger partial charge is 0.493 e. The number of anilines is 1. The Labute approximate surface area is 182 Å². The second kappa shape index (κ2) is 9.19. The number of para-hydroxylation sites is 1. The van der Waals surface area contributed by atoms with E-state index >= 15 is 0 Å². The van der Waals surface area contributed by atoms with Crippen molar-refractivity contribution in [3.63, 3.8) is 0 Å².